The first-order chi connectivity index (χ1) is 12.9. The Balaban J connectivity index is 1.55. The van der Waals surface area contributed by atoms with Crippen molar-refractivity contribution in [3.8, 4) is 0 Å². The number of rotatable bonds is 6. The first kappa shape index (κ1) is 20.1. The lowest BCUT2D eigenvalue weighted by atomic mass is 10.0. The normalized spacial score (nSPS) is 22.2. The van der Waals surface area contributed by atoms with Crippen LogP contribution in [0.3, 0.4) is 0 Å². The third kappa shape index (κ3) is 5.00. The van der Waals surface area contributed by atoms with E-state index in [0.717, 1.165) is 11.1 Å². The van der Waals surface area contributed by atoms with E-state index in [9.17, 15) is 15.0 Å². The molecular formula is C20H22Cl2N2O3. The predicted octanol–water partition coefficient (Wildman–Crippen LogP) is 2.26. The standard InChI is InChI=1S/C20H22Cl2N2O3/c21-16-7-5-14(6-8-16)9-19(26)24-11-18(25)20(27,13-24)12-23-10-15-3-1-2-4-17(15)22/h1-8,18,23,25,27H,9-13H2/t18-,20+/m1/s1. The van der Waals surface area contributed by atoms with Crippen LogP contribution in [0.1, 0.15) is 11.1 Å². The van der Waals surface area contributed by atoms with E-state index in [0.29, 0.717) is 16.6 Å². The molecule has 0 unspecified atom stereocenters. The molecule has 0 bridgehead atoms. The van der Waals surface area contributed by atoms with Crippen molar-refractivity contribution in [3.05, 3.63) is 69.7 Å². The molecule has 144 valence electrons. The van der Waals surface area contributed by atoms with Gasteiger partial charge in [-0.05, 0) is 29.3 Å². The van der Waals surface area contributed by atoms with Gasteiger partial charge in [-0.25, -0.2) is 0 Å². The van der Waals surface area contributed by atoms with Crippen LogP contribution in [0, 0.1) is 0 Å². The number of aliphatic hydroxyl groups is 2. The minimum absolute atomic E-state index is 0.0795. The lowest BCUT2D eigenvalue weighted by molar-refractivity contribution is -0.130. The average Bonchev–Trinajstić information content (AvgIpc) is 2.94. The van der Waals surface area contributed by atoms with Crippen molar-refractivity contribution in [2.45, 2.75) is 24.7 Å². The van der Waals surface area contributed by atoms with E-state index >= 15 is 0 Å². The van der Waals surface area contributed by atoms with E-state index in [4.69, 9.17) is 23.2 Å². The Morgan fingerprint density at radius 1 is 1.19 bits per heavy atom. The number of carbonyl (C=O) groups excluding carboxylic acids is 1. The number of β-amino-alcohol motifs (C(OH)–C–C–N with tert-alkyl or cyclic N) is 2. The summed E-state index contributed by atoms with van der Waals surface area (Å²) in [6, 6.07) is 14.5. The second kappa shape index (κ2) is 8.59. The zero-order chi connectivity index (χ0) is 19.4. The van der Waals surface area contributed by atoms with Crippen molar-refractivity contribution in [2.75, 3.05) is 19.6 Å². The molecule has 0 aromatic heterocycles. The molecule has 2 aromatic carbocycles. The zero-order valence-corrected chi connectivity index (χ0v) is 16.2. The van der Waals surface area contributed by atoms with Crippen molar-refractivity contribution >= 4 is 29.1 Å². The third-order valence-corrected chi connectivity index (χ3v) is 5.42. The maximum absolute atomic E-state index is 12.5. The first-order valence-electron chi connectivity index (χ1n) is 8.74. The van der Waals surface area contributed by atoms with Crippen molar-refractivity contribution in [3.63, 3.8) is 0 Å². The summed E-state index contributed by atoms with van der Waals surface area (Å²) in [7, 11) is 0. The number of nitrogens with zero attached hydrogens (tertiary/aromatic N) is 1. The van der Waals surface area contributed by atoms with Gasteiger partial charge in [0, 0.05) is 29.7 Å². The van der Waals surface area contributed by atoms with Gasteiger partial charge < -0.3 is 20.4 Å². The van der Waals surface area contributed by atoms with E-state index in [1.807, 2.05) is 18.2 Å². The third-order valence-electron chi connectivity index (χ3n) is 4.80. The van der Waals surface area contributed by atoms with Crippen molar-refractivity contribution in [1.29, 1.82) is 0 Å². The molecule has 2 aromatic rings. The molecule has 1 heterocycles. The highest BCUT2D eigenvalue weighted by Gasteiger charge is 2.45. The predicted molar refractivity (Wildman–Crippen MR) is 106 cm³/mol. The van der Waals surface area contributed by atoms with E-state index in [-0.39, 0.29) is 32.0 Å². The molecule has 1 aliphatic heterocycles. The number of halogens is 2. The summed E-state index contributed by atoms with van der Waals surface area (Å²) in [5.41, 5.74) is 0.355. The lowest BCUT2D eigenvalue weighted by Crippen LogP contribution is -2.50. The molecule has 0 aliphatic carbocycles. The van der Waals surface area contributed by atoms with Gasteiger partial charge in [-0.3, -0.25) is 4.79 Å². The number of benzene rings is 2. The molecule has 0 spiro atoms. The van der Waals surface area contributed by atoms with Crippen molar-refractivity contribution in [2.24, 2.45) is 0 Å². The van der Waals surface area contributed by atoms with Gasteiger partial charge in [-0.15, -0.1) is 0 Å². The van der Waals surface area contributed by atoms with Crippen LogP contribution in [0.5, 0.6) is 0 Å². The van der Waals surface area contributed by atoms with Crippen LogP contribution in [0.25, 0.3) is 0 Å². The Morgan fingerprint density at radius 2 is 1.89 bits per heavy atom. The van der Waals surface area contributed by atoms with Crippen LogP contribution < -0.4 is 5.32 Å². The van der Waals surface area contributed by atoms with Crippen LogP contribution >= 0.6 is 23.2 Å². The fourth-order valence-electron chi connectivity index (χ4n) is 3.19. The van der Waals surface area contributed by atoms with Gasteiger partial charge in [0.1, 0.15) is 11.7 Å². The molecule has 5 nitrogen and oxygen atoms in total. The summed E-state index contributed by atoms with van der Waals surface area (Å²) in [6.45, 7) is 0.810. The average molecular weight is 409 g/mol. The molecular weight excluding hydrogens is 387 g/mol. The number of nitrogens with one attached hydrogen (secondary N) is 1. The number of carbonyl (C=O) groups is 1. The molecule has 27 heavy (non-hydrogen) atoms. The fourth-order valence-corrected chi connectivity index (χ4v) is 3.52. The lowest BCUT2D eigenvalue weighted by Gasteiger charge is -2.26. The fraction of sp³-hybridized carbons (Fsp3) is 0.350. The van der Waals surface area contributed by atoms with Crippen LogP contribution in [0.15, 0.2) is 48.5 Å². The highest BCUT2D eigenvalue weighted by Crippen LogP contribution is 2.23. The minimum atomic E-state index is -1.39. The summed E-state index contributed by atoms with van der Waals surface area (Å²) in [5.74, 6) is -0.140. The van der Waals surface area contributed by atoms with Crippen LogP contribution in [-0.4, -0.2) is 52.4 Å². The van der Waals surface area contributed by atoms with E-state index in [1.54, 1.807) is 30.3 Å². The molecule has 7 heteroatoms. The Hall–Kier alpha value is -1.63. The maximum Gasteiger partial charge on any atom is 0.227 e. The number of likely N-dealkylation sites (tertiary alicyclic amines) is 1. The zero-order valence-electron chi connectivity index (χ0n) is 14.7. The van der Waals surface area contributed by atoms with Gasteiger partial charge in [0.2, 0.25) is 5.91 Å². The first-order valence-corrected chi connectivity index (χ1v) is 9.50. The maximum atomic E-state index is 12.5. The molecule has 3 N–H and O–H groups in total. The number of hydrogen-bond acceptors (Lipinski definition) is 4. The topological polar surface area (TPSA) is 72.8 Å². The minimum Gasteiger partial charge on any atom is -0.388 e. The number of aliphatic hydroxyl groups excluding tert-OH is 1. The van der Waals surface area contributed by atoms with Gasteiger partial charge >= 0.3 is 0 Å². The molecule has 1 amide bonds. The van der Waals surface area contributed by atoms with Crippen LogP contribution in [0.4, 0.5) is 0 Å². The molecule has 0 saturated carbocycles. The number of hydrogen-bond donors (Lipinski definition) is 3. The molecule has 0 radical (unpaired) electrons. The van der Waals surface area contributed by atoms with E-state index in [2.05, 4.69) is 5.32 Å². The Morgan fingerprint density at radius 3 is 2.59 bits per heavy atom. The van der Waals surface area contributed by atoms with Gasteiger partial charge in [-0.1, -0.05) is 53.5 Å². The largest absolute Gasteiger partial charge is 0.388 e. The van der Waals surface area contributed by atoms with Crippen molar-refractivity contribution in [1.82, 2.24) is 10.2 Å². The van der Waals surface area contributed by atoms with E-state index < -0.39 is 11.7 Å². The summed E-state index contributed by atoms with van der Waals surface area (Å²) < 4.78 is 0. The summed E-state index contributed by atoms with van der Waals surface area (Å²) in [6.07, 6.45) is -0.807. The molecule has 2 atom stereocenters. The number of amides is 1. The summed E-state index contributed by atoms with van der Waals surface area (Å²) in [5, 5.41) is 25.4. The van der Waals surface area contributed by atoms with Crippen LogP contribution in [0.2, 0.25) is 10.0 Å². The van der Waals surface area contributed by atoms with E-state index in [1.165, 1.54) is 4.90 Å². The van der Waals surface area contributed by atoms with Gasteiger partial charge in [0.15, 0.2) is 0 Å². The van der Waals surface area contributed by atoms with Crippen molar-refractivity contribution < 1.29 is 15.0 Å². The molecule has 3 rings (SSSR count). The molecule has 1 fully saturated rings. The molecule has 1 aliphatic rings. The highest BCUT2D eigenvalue weighted by atomic mass is 35.5. The van der Waals surface area contributed by atoms with Gasteiger partial charge in [0.25, 0.3) is 0 Å². The Labute approximate surface area is 168 Å². The van der Waals surface area contributed by atoms with Gasteiger partial charge in [-0.2, -0.15) is 0 Å². The monoisotopic (exact) mass is 408 g/mol. The second-order valence-electron chi connectivity index (χ2n) is 6.89. The summed E-state index contributed by atoms with van der Waals surface area (Å²) >= 11 is 12.0. The Kier molecular flexibility index (Phi) is 6.40. The molecule has 1 saturated heterocycles. The highest BCUT2D eigenvalue weighted by molar-refractivity contribution is 6.31. The summed E-state index contributed by atoms with van der Waals surface area (Å²) in [4.78, 5) is 14.0. The second-order valence-corrected chi connectivity index (χ2v) is 7.74. The Bertz CT molecular complexity index is 800. The smallest absolute Gasteiger partial charge is 0.227 e. The van der Waals surface area contributed by atoms with Gasteiger partial charge in [0.05, 0.1) is 13.0 Å². The SMILES string of the molecule is O=C(Cc1ccc(Cl)cc1)N1C[C@@H](O)[C@](O)(CNCc2ccccc2Cl)C1. The van der Waals surface area contributed by atoms with Crippen LogP contribution in [-0.2, 0) is 17.8 Å². The quantitative estimate of drug-likeness (QED) is 0.685.